The molecule has 142 valence electrons. The van der Waals surface area contributed by atoms with Gasteiger partial charge in [0.25, 0.3) is 0 Å². The smallest absolute Gasteiger partial charge is 0.223 e. The average Bonchev–Trinajstić information content (AvgIpc) is 2.97. The van der Waals surface area contributed by atoms with E-state index in [9.17, 15) is 4.79 Å². The second kappa shape index (κ2) is 7.21. The van der Waals surface area contributed by atoms with E-state index >= 15 is 0 Å². The Labute approximate surface area is 154 Å². The average molecular weight is 347 g/mol. The molecule has 2 saturated heterocycles. The predicted octanol–water partition coefficient (Wildman–Crippen LogP) is 4.46. The maximum Gasteiger partial charge on any atom is 0.223 e. The van der Waals surface area contributed by atoms with Crippen molar-refractivity contribution in [2.24, 2.45) is 17.8 Å². The molecule has 0 aromatic carbocycles. The van der Waals surface area contributed by atoms with Crippen LogP contribution >= 0.6 is 0 Å². The molecule has 2 saturated carbocycles. The lowest BCUT2D eigenvalue weighted by atomic mass is 9.62. The number of hydrogen-bond acceptors (Lipinski definition) is 2. The molecule has 3 nitrogen and oxygen atoms in total. The molecule has 0 N–H and O–H groups in total. The highest BCUT2D eigenvalue weighted by atomic mass is 16.2. The lowest BCUT2D eigenvalue weighted by Crippen LogP contribution is -2.59. The number of rotatable bonds is 3. The monoisotopic (exact) mass is 346 g/mol. The van der Waals surface area contributed by atoms with Gasteiger partial charge in [-0.15, -0.1) is 0 Å². The number of nitrogens with zero attached hydrogens (tertiary/aromatic N) is 2. The zero-order chi connectivity index (χ0) is 17.4. The molecule has 1 amide bonds. The van der Waals surface area contributed by atoms with Gasteiger partial charge in [0, 0.05) is 31.1 Å². The Hall–Kier alpha value is -0.570. The van der Waals surface area contributed by atoms with Crippen LogP contribution in [0, 0.1) is 17.8 Å². The Bertz CT molecular complexity index is 486. The predicted molar refractivity (Wildman–Crippen MR) is 102 cm³/mol. The number of amides is 1. The molecule has 0 radical (unpaired) electrons. The third-order valence-corrected chi connectivity index (χ3v) is 8.38. The molecule has 25 heavy (non-hydrogen) atoms. The summed E-state index contributed by atoms with van der Waals surface area (Å²) in [6, 6.07) is 0.730. The summed E-state index contributed by atoms with van der Waals surface area (Å²) in [4.78, 5) is 17.7. The molecule has 1 spiro atoms. The zero-order valence-electron chi connectivity index (χ0n) is 16.5. The second-order valence-corrected chi connectivity index (χ2v) is 9.66. The van der Waals surface area contributed by atoms with Crippen LogP contribution in [0.5, 0.6) is 0 Å². The fourth-order valence-corrected chi connectivity index (χ4v) is 7.20. The highest BCUT2D eigenvalue weighted by Gasteiger charge is 2.55. The fourth-order valence-electron chi connectivity index (χ4n) is 7.20. The van der Waals surface area contributed by atoms with Crippen molar-refractivity contribution in [2.75, 3.05) is 20.1 Å². The van der Waals surface area contributed by atoms with Crippen molar-refractivity contribution in [3.05, 3.63) is 0 Å². The highest BCUT2D eigenvalue weighted by Crippen LogP contribution is 2.52. The molecular weight excluding hydrogens is 308 g/mol. The minimum atomic E-state index is 0.231. The first-order valence-corrected chi connectivity index (χ1v) is 11.1. The van der Waals surface area contributed by atoms with Gasteiger partial charge >= 0.3 is 0 Å². The van der Waals surface area contributed by atoms with Gasteiger partial charge in [-0.2, -0.15) is 0 Å². The molecule has 2 aliphatic carbocycles. The van der Waals surface area contributed by atoms with Crippen LogP contribution in [0.15, 0.2) is 0 Å². The van der Waals surface area contributed by atoms with Gasteiger partial charge in [0.2, 0.25) is 5.91 Å². The minimum absolute atomic E-state index is 0.231. The number of carbonyl (C=O) groups excluding carboxylic acids is 1. The van der Waals surface area contributed by atoms with E-state index in [2.05, 4.69) is 23.8 Å². The Balaban J connectivity index is 1.48. The van der Waals surface area contributed by atoms with Crippen molar-refractivity contribution in [1.82, 2.24) is 9.80 Å². The van der Waals surface area contributed by atoms with E-state index in [1.807, 2.05) is 0 Å². The van der Waals surface area contributed by atoms with Crippen LogP contribution in [0.2, 0.25) is 0 Å². The van der Waals surface area contributed by atoms with E-state index in [0.717, 1.165) is 43.2 Å². The molecule has 0 bridgehead atoms. The van der Waals surface area contributed by atoms with Crippen LogP contribution in [-0.4, -0.2) is 47.4 Å². The summed E-state index contributed by atoms with van der Waals surface area (Å²) in [6.45, 7) is 4.85. The summed E-state index contributed by atoms with van der Waals surface area (Å²) in [5.41, 5.74) is 0.231. The SMILES string of the molecule is C[C@H]1[C@@H](N(C)CC2CCCCC2)CC[C@@]23CCCN2C(=O)CCC[C@@H]13. The van der Waals surface area contributed by atoms with Gasteiger partial charge in [0.15, 0.2) is 0 Å². The Kier molecular flexibility index (Phi) is 5.14. The third-order valence-electron chi connectivity index (χ3n) is 8.38. The van der Waals surface area contributed by atoms with Crippen molar-refractivity contribution in [3.8, 4) is 0 Å². The van der Waals surface area contributed by atoms with Crippen LogP contribution in [0.25, 0.3) is 0 Å². The lowest BCUT2D eigenvalue weighted by molar-refractivity contribution is -0.139. The van der Waals surface area contributed by atoms with E-state index < -0.39 is 0 Å². The van der Waals surface area contributed by atoms with Gasteiger partial charge in [-0.05, 0) is 76.2 Å². The van der Waals surface area contributed by atoms with E-state index in [1.165, 1.54) is 70.8 Å². The molecule has 2 aliphatic heterocycles. The van der Waals surface area contributed by atoms with Crippen LogP contribution < -0.4 is 0 Å². The molecule has 3 heteroatoms. The Morgan fingerprint density at radius 2 is 1.84 bits per heavy atom. The molecule has 2 heterocycles. The van der Waals surface area contributed by atoms with Crippen LogP contribution in [-0.2, 0) is 4.79 Å². The Morgan fingerprint density at radius 1 is 1.04 bits per heavy atom. The normalized spacial score (nSPS) is 40.0. The van der Waals surface area contributed by atoms with Crippen molar-refractivity contribution in [3.63, 3.8) is 0 Å². The van der Waals surface area contributed by atoms with Gasteiger partial charge in [0.05, 0.1) is 0 Å². The van der Waals surface area contributed by atoms with Gasteiger partial charge in [0.1, 0.15) is 0 Å². The maximum absolute atomic E-state index is 12.6. The van der Waals surface area contributed by atoms with Gasteiger partial charge in [-0.25, -0.2) is 0 Å². The molecule has 0 aromatic heterocycles. The molecule has 4 rings (SSSR count). The molecule has 4 aliphatic rings. The molecule has 0 aromatic rings. The van der Waals surface area contributed by atoms with E-state index in [4.69, 9.17) is 0 Å². The van der Waals surface area contributed by atoms with Crippen LogP contribution in [0.4, 0.5) is 0 Å². The summed E-state index contributed by atoms with van der Waals surface area (Å²) >= 11 is 0. The quantitative estimate of drug-likeness (QED) is 0.753. The number of carbonyl (C=O) groups is 1. The zero-order valence-corrected chi connectivity index (χ0v) is 16.5. The maximum atomic E-state index is 12.6. The third kappa shape index (κ3) is 3.15. The van der Waals surface area contributed by atoms with Crippen LogP contribution in [0.3, 0.4) is 0 Å². The van der Waals surface area contributed by atoms with Crippen molar-refractivity contribution in [2.45, 2.75) is 95.6 Å². The minimum Gasteiger partial charge on any atom is -0.337 e. The van der Waals surface area contributed by atoms with Crippen molar-refractivity contribution < 1.29 is 4.79 Å². The molecular formula is C22H38N2O. The topological polar surface area (TPSA) is 23.6 Å². The lowest BCUT2D eigenvalue weighted by Gasteiger charge is -2.54. The first-order chi connectivity index (χ1) is 12.1. The van der Waals surface area contributed by atoms with Crippen LogP contribution in [0.1, 0.15) is 84.0 Å². The molecule has 4 fully saturated rings. The van der Waals surface area contributed by atoms with Gasteiger partial charge in [-0.1, -0.05) is 26.2 Å². The molecule has 0 unspecified atom stereocenters. The molecule has 4 atom stereocenters. The summed E-state index contributed by atoms with van der Waals surface area (Å²) in [5, 5.41) is 0. The summed E-state index contributed by atoms with van der Waals surface area (Å²) in [7, 11) is 2.39. The standard InChI is InChI=1S/C22H38N2O/c1-17-19-10-6-11-21(25)24-15-7-13-22(19,24)14-12-20(17)23(2)16-18-8-4-3-5-9-18/h17-20H,3-16H2,1-2H3/t17-,19+,20+,22-/m1/s1. The van der Waals surface area contributed by atoms with E-state index in [-0.39, 0.29) is 5.54 Å². The van der Waals surface area contributed by atoms with Gasteiger partial charge < -0.3 is 9.80 Å². The van der Waals surface area contributed by atoms with Crippen molar-refractivity contribution >= 4 is 5.91 Å². The first kappa shape index (κ1) is 17.8. The van der Waals surface area contributed by atoms with Crippen molar-refractivity contribution in [1.29, 1.82) is 0 Å². The number of hydrogen-bond donors (Lipinski definition) is 0. The highest BCUT2D eigenvalue weighted by molar-refractivity contribution is 5.78. The van der Waals surface area contributed by atoms with E-state index in [1.54, 1.807) is 0 Å². The summed E-state index contributed by atoms with van der Waals surface area (Å²) in [6.07, 6.45) is 15.5. The largest absolute Gasteiger partial charge is 0.337 e. The second-order valence-electron chi connectivity index (χ2n) is 9.66. The van der Waals surface area contributed by atoms with E-state index in [0.29, 0.717) is 5.91 Å². The Morgan fingerprint density at radius 3 is 2.64 bits per heavy atom. The van der Waals surface area contributed by atoms with Gasteiger partial charge in [-0.3, -0.25) is 4.79 Å². The fraction of sp³-hybridized carbons (Fsp3) is 0.955. The summed E-state index contributed by atoms with van der Waals surface area (Å²) < 4.78 is 0. The summed E-state index contributed by atoms with van der Waals surface area (Å²) in [5.74, 6) is 2.85. The first-order valence-electron chi connectivity index (χ1n) is 11.1.